The number of likely N-dealkylation sites (N-methyl/N-ethyl adjacent to an activating group) is 2. The fraction of sp³-hybridized carbons (Fsp3) is 0.462. The second-order valence-corrected chi connectivity index (χ2v) is 12.0. The fourth-order valence-electron chi connectivity index (χ4n) is 4.76. The lowest BCUT2D eigenvalue weighted by atomic mass is 10.0. The van der Waals surface area contributed by atoms with Crippen molar-refractivity contribution >= 4 is 56.6 Å². The number of nitrogens with zero attached hydrogens (tertiary/aromatic N) is 3. The van der Waals surface area contributed by atoms with Gasteiger partial charge in [0.1, 0.15) is 6.04 Å². The zero-order chi connectivity index (χ0) is 29.8. The third kappa shape index (κ3) is 6.54. The van der Waals surface area contributed by atoms with Crippen LogP contribution in [0, 0.1) is 0 Å². The maximum atomic E-state index is 13.5. The van der Waals surface area contributed by atoms with Crippen LogP contribution in [0.2, 0.25) is 5.02 Å². The van der Waals surface area contributed by atoms with E-state index in [0.717, 1.165) is 4.90 Å². The first kappa shape index (κ1) is 31.3. The van der Waals surface area contributed by atoms with E-state index in [4.69, 9.17) is 22.1 Å². The molecular formula is C26H34ClN5O7S. The number of carbonyl (C=O) groups excluding carboxylic acids is 4. The van der Waals surface area contributed by atoms with Crippen LogP contribution in [0.3, 0.4) is 0 Å². The van der Waals surface area contributed by atoms with Crippen molar-refractivity contribution in [2.45, 2.75) is 43.4 Å². The lowest BCUT2D eigenvalue weighted by molar-refractivity contribution is -0.188. The summed E-state index contributed by atoms with van der Waals surface area (Å²) < 4.78 is 34.7. The largest absolute Gasteiger partial charge is 0.432 e. The summed E-state index contributed by atoms with van der Waals surface area (Å²) in [5.74, 6) is -2.07. The number of amides is 3. The minimum absolute atomic E-state index is 0.0152. The normalized spacial score (nSPS) is 17.2. The number of ether oxygens (including phenoxy) is 1. The number of likely N-dealkylation sites (tertiary alicyclic amines) is 1. The molecule has 0 unspecified atom stereocenters. The predicted octanol–water partition coefficient (Wildman–Crippen LogP) is 0.700. The highest BCUT2D eigenvalue weighted by atomic mass is 35.5. The summed E-state index contributed by atoms with van der Waals surface area (Å²) in [7, 11) is -0.651. The lowest BCUT2D eigenvalue weighted by Gasteiger charge is -2.39. The molecule has 0 saturated carbocycles. The maximum Gasteiger partial charge on any atom is 0.295 e. The van der Waals surface area contributed by atoms with E-state index >= 15 is 0 Å². The van der Waals surface area contributed by atoms with Gasteiger partial charge in [0, 0.05) is 38.1 Å². The highest BCUT2D eigenvalue weighted by molar-refractivity contribution is 7.89. The standard InChI is InChI=1S/C26H34ClN5O7S/c1-5-31(13-12-30(3)4)25(36)26(2,39-16-33)32-11-10-21(24(32)35)29-40(37,38)22-9-6-17-14-18(27)7-8-19(17)20(22)15-23(28)34/h6-9,14,16,21,29H,5,10-13,15H2,1-4H3,(H2,28,34)/t21-,26-/m0/s1. The number of hydrogen-bond acceptors (Lipinski definition) is 8. The number of primary amides is 1. The lowest BCUT2D eigenvalue weighted by Crippen LogP contribution is -2.61. The Kier molecular flexibility index (Phi) is 9.77. The molecule has 1 heterocycles. The van der Waals surface area contributed by atoms with Crippen LogP contribution in [0.25, 0.3) is 10.8 Å². The Morgan fingerprint density at radius 3 is 2.55 bits per heavy atom. The number of rotatable bonds is 13. The topological polar surface area (TPSA) is 159 Å². The smallest absolute Gasteiger partial charge is 0.295 e. The van der Waals surface area contributed by atoms with E-state index in [2.05, 4.69) is 4.72 Å². The number of fused-ring (bicyclic) bond motifs is 1. The molecule has 2 aromatic carbocycles. The van der Waals surface area contributed by atoms with Crippen molar-refractivity contribution in [1.29, 1.82) is 0 Å². The summed E-state index contributed by atoms with van der Waals surface area (Å²) in [6.45, 7) is 4.30. The van der Waals surface area contributed by atoms with Gasteiger partial charge in [0.15, 0.2) is 0 Å². The summed E-state index contributed by atoms with van der Waals surface area (Å²) >= 11 is 6.07. The molecule has 40 heavy (non-hydrogen) atoms. The molecule has 2 atom stereocenters. The number of nitrogens with one attached hydrogen (secondary N) is 1. The summed E-state index contributed by atoms with van der Waals surface area (Å²) in [6.07, 6.45) is -0.346. The third-order valence-electron chi connectivity index (χ3n) is 6.87. The van der Waals surface area contributed by atoms with Crippen LogP contribution in [0.15, 0.2) is 35.2 Å². The molecule has 0 aromatic heterocycles. The van der Waals surface area contributed by atoms with Crippen LogP contribution in [-0.4, -0.2) is 99.4 Å². The van der Waals surface area contributed by atoms with E-state index in [0.29, 0.717) is 35.4 Å². The van der Waals surface area contributed by atoms with Gasteiger partial charge in [-0.15, -0.1) is 0 Å². The number of hydrogen-bond donors (Lipinski definition) is 2. The zero-order valence-electron chi connectivity index (χ0n) is 22.8. The number of nitrogens with two attached hydrogens (primary N) is 1. The summed E-state index contributed by atoms with van der Waals surface area (Å²) in [4.78, 5) is 54.4. The third-order valence-corrected chi connectivity index (χ3v) is 8.66. The van der Waals surface area contributed by atoms with Crippen molar-refractivity contribution in [2.24, 2.45) is 5.73 Å². The van der Waals surface area contributed by atoms with Gasteiger partial charge in [-0.25, -0.2) is 8.42 Å². The first-order chi connectivity index (χ1) is 18.7. The number of carbonyl (C=O) groups is 4. The Balaban J connectivity index is 1.92. The van der Waals surface area contributed by atoms with Crippen LogP contribution >= 0.6 is 11.6 Å². The molecule has 14 heteroatoms. The van der Waals surface area contributed by atoms with Gasteiger partial charge in [-0.2, -0.15) is 4.72 Å². The van der Waals surface area contributed by atoms with Gasteiger partial charge < -0.3 is 20.3 Å². The molecule has 1 aliphatic rings. The van der Waals surface area contributed by atoms with Gasteiger partial charge in [-0.1, -0.05) is 23.7 Å². The highest BCUT2D eigenvalue weighted by Gasteiger charge is 2.51. The van der Waals surface area contributed by atoms with Gasteiger partial charge >= 0.3 is 0 Å². The zero-order valence-corrected chi connectivity index (χ0v) is 24.4. The molecule has 0 bridgehead atoms. The summed E-state index contributed by atoms with van der Waals surface area (Å²) in [5, 5.41) is 1.52. The van der Waals surface area contributed by atoms with Gasteiger partial charge in [0.25, 0.3) is 18.1 Å². The molecule has 3 rings (SSSR count). The average molecular weight is 596 g/mol. The molecule has 1 aliphatic heterocycles. The highest BCUT2D eigenvalue weighted by Crippen LogP contribution is 2.31. The van der Waals surface area contributed by atoms with Gasteiger partial charge in [0.05, 0.1) is 11.3 Å². The SMILES string of the molecule is CCN(CCN(C)C)C(=O)[C@](C)(OC=O)N1CC[C@H](NS(=O)(=O)c2ccc3cc(Cl)ccc3c2CC(N)=O)C1=O. The first-order valence-corrected chi connectivity index (χ1v) is 14.5. The van der Waals surface area contributed by atoms with E-state index < -0.39 is 39.5 Å². The monoisotopic (exact) mass is 595 g/mol. The second-order valence-electron chi connectivity index (χ2n) is 9.89. The molecule has 1 fully saturated rings. The molecule has 12 nitrogen and oxygen atoms in total. The molecule has 1 saturated heterocycles. The maximum absolute atomic E-state index is 13.5. The molecule has 3 amide bonds. The first-order valence-electron chi connectivity index (χ1n) is 12.6. The van der Waals surface area contributed by atoms with Crippen LogP contribution in [-0.2, 0) is 40.4 Å². The minimum Gasteiger partial charge on any atom is -0.432 e. The van der Waals surface area contributed by atoms with E-state index in [-0.39, 0.29) is 36.3 Å². The molecule has 3 N–H and O–H groups in total. The van der Waals surface area contributed by atoms with Crippen molar-refractivity contribution < 1.29 is 32.3 Å². The molecule has 218 valence electrons. The van der Waals surface area contributed by atoms with Crippen molar-refractivity contribution in [3.63, 3.8) is 0 Å². The van der Waals surface area contributed by atoms with E-state index in [1.807, 2.05) is 19.0 Å². The second kappa shape index (κ2) is 12.5. The number of sulfonamides is 1. The molecule has 0 spiro atoms. The van der Waals surface area contributed by atoms with Gasteiger partial charge in [-0.05, 0) is 62.0 Å². The van der Waals surface area contributed by atoms with Crippen LogP contribution in [0.1, 0.15) is 25.8 Å². The van der Waals surface area contributed by atoms with Gasteiger partial charge in [-0.3, -0.25) is 24.1 Å². The Morgan fingerprint density at radius 2 is 1.95 bits per heavy atom. The Morgan fingerprint density at radius 1 is 1.25 bits per heavy atom. The van der Waals surface area contributed by atoms with Crippen LogP contribution in [0.4, 0.5) is 0 Å². The quantitative estimate of drug-likeness (QED) is 0.320. The van der Waals surface area contributed by atoms with Crippen LogP contribution in [0.5, 0.6) is 0 Å². The molecule has 2 aromatic rings. The number of halogens is 1. The predicted molar refractivity (Wildman–Crippen MR) is 149 cm³/mol. The van der Waals surface area contributed by atoms with E-state index in [9.17, 15) is 27.6 Å². The van der Waals surface area contributed by atoms with E-state index in [1.54, 1.807) is 31.2 Å². The Bertz CT molecular complexity index is 1420. The molecule has 0 aliphatic carbocycles. The van der Waals surface area contributed by atoms with Crippen molar-refractivity contribution in [2.75, 3.05) is 40.3 Å². The Hall–Kier alpha value is -3.26. The van der Waals surface area contributed by atoms with Crippen LogP contribution < -0.4 is 10.5 Å². The summed E-state index contributed by atoms with van der Waals surface area (Å²) in [6, 6.07) is 6.42. The molecule has 0 radical (unpaired) electrons. The number of benzene rings is 2. The average Bonchev–Trinajstić information content (AvgIpc) is 3.23. The van der Waals surface area contributed by atoms with Crippen molar-refractivity contribution in [3.05, 3.63) is 40.9 Å². The van der Waals surface area contributed by atoms with Crippen molar-refractivity contribution in [3.8, 4) is 0 Å². The fourth-order valence-corrected chi connectivity index (χ4v) is 6.41. The van der Waals surface area contributed by atoms with E-state index in [1.165, 1.54) is 17.9 Å². The molecular weight excluding hydrogens is 562 g/mol. The van der Waals surface area contributed by atoms with Gasteiger partial charge in [0.2, 0.25) is 21.8 Å². The van der Waals surface area contributed by atoms with Crippen molar-refractivity contribution in [1.82, 2.24) is 19.4 Å². The Labute approximate surface area is 238 Å². The summed E-state index contributed by atoms with van der Waals surface area (Å²) in [5.41, 5.74) is 3.61. The minimum atomic E-state index is -4.34.